The number of hydrogen-bond acceptors (Lipinski definition) is 4. The molecule has 24 heavy (non-hydrogen) atoms. The van der Waals surface area contributed by atoms with E-state index in [1.54, 1.807) is 6.07 Å². The van der Waals surface area contributed by atoms with E-state index in [-0.39, 0.29) is 41.0 Å². The van der Waals surface area contributed by atoms with Crippen molar-refractivity contribution in [3.63, 3.8) is 0 Å². The van der Waals surface area contributed by atoms with Gasteiger partial charge in [0.1, 0.15) is 4.90 Å². The van der Waals surface area contributed by atoms with Gasteiger partial charge in [-0.1, -0.05) is 53.7 Å². The predicted molar refractivity (Wildman–Crippen MR) is 98.5 cm³/mol. The number of carbonyl (C=O) groups excluding carboxylic acids is 1. The summed E-state index contributed by atoms with van der Waals surface area (Å²) in [7, 11) is -6.96. The van der Waals surface area contributed by atoms with Crippen LogP contribution in [-0.2, 0) is 14.5 Å². The third-order valence-electron chi connectivity index (χ3n) is 4.36. The standard InChI is InChI=1S/C16H26O5SSi.Li/c1-11(2)23(12(3)4,13(5)6)21-16(17)14-9-7-8-10-15(14)22(18,19)20;/h7-13H,1-6H3,(H,18,19,20);. The largest absolute Gasteiger partial charge is 0.515 e. The Kier molecular flexibility index (Phi) is 8.47. The molecule has 0 fully saturated rings. The molecule has 0 amide bonds. The average molecular weight is 365 g/mol. The molecule has 0 aliphatic heterocycles. The van der Waals surface area contributed by atoms with Crippen LogP contribution >= 0.6 is 0 Å². The maximum absolute atomic E-state index is 12.7. The van der Waals surface area contributed by atoms with Crippen LogP contribution in [0.5, 0.6) is 0 Å². The fraction of sp³-hybridized carbons (Fsp3) is 0.562. The summed E-state index contributed by atoms with van der Waals surface area (Å²) in [5.74, 6) is -0.680. The molecule has 0 aliphatic rings. The van der Waals surface area contributed by atoms with Crippen LogP contribution in [0.3, 0.4) is 0 Å². The van der Waals surface area contributed by atoms with Gasteiger partial charge in [-0.05, 0) is 28.8 Å². The summed E-state index contributed by atoms with van der Waals surface area (Å²) in [6, 6.07) is 5.58. The summed E-state index contributed by atoms with van der Waals surface area (Å²) in [4.78, 5) is 12.3. The fourth-order valence-electron chi connectivity index (χ4n) is 3.43. The molecule has 1 radical (unpaired) electrons. The van der Waals surface area contributed by atoms with E-state index in [1.165, 1.54) is 18.2 Å². The maximum Gasteiger partial charge on any atom is 0.326 e. The fourth-order valence-corrected chi connectivity index (χ4v) is 9.25. The normalized spacial score (nSPS) is 12.4. The van der Waals surface area contributed by atoms with E-state index in [9.17, 15) is 17.8 Å². The van der Waals surface area contributed by atoms with Gasteiger partial charge in [-0.25, -0.2) is 4.79 Å². The summed E-state index contributed by atoms with van der Waals surface area (Å²) in [6.45, 7) is 12.2. The number of rotatable bonds is 6. The van der Waals surface area contributed by atoms with Gasteiger partial charge >= 0.3 is 5.97 Å². The molecule has 0 saturated carbocycles. The van der Waals surface area contributed by atoms with Gasteiger partial charge in [-0.15, -0.1) is 0 Å². The second kappa shape index (κ2) is 8.68. The Balaban J connectivity index is 0.00000529. The Bertz CT molecular complexity index is 649. The van der Waals surface area contributed by atoms with Gasteiger partial charge in [0.05, 0.1) is 5.56 Å². The Morgan fingerprint density at radius 3 is 1.79 bits per heavy atom. The van der Waals surface area contributed by atoms with Crippen molar-refractivity contribution in [2.24, 2.45) is 0 Å². The van der Waals surface area contributed by atoms with Crippen LogP contribution < -0.4 is 0 Å². The first kappa shape index (κ1) is 23.4. The minimum absolute atomic E-state index is 0. The van der Waals surface area contributed by atoms with Crippen molar-refractivity contribution in [2.75, 3.05) is 0 Å². The van der Waals surface area contributed by atoms with Gasteiger partial charge in [0.15, 0.2) is 0 Å². The SMILES string of the molecule is CC(C)[Si](OC(=O)c1ccccc1S(=O)(=O)O)(C(C)C)C(C)C.[Li]. The van der Waals surface area contributed by atoms with Gasteiger partial charge in [-0.3, -0.25) is 4.55 Å². The van der Waals surface area contributed by atoms with Crippen LogP contribution in [0.2, 0.25) is 16.6 Å². The van der Waals surface area contributed by atoms with Gasteiger partial charge in [0.25, 0.3) is 18.4 Å². The minimum atomic E-state index is -4.48. The quantitative estimate of drug-likeness (QED) is 0.611. The predicted octanol–water partition coefficient (Wildman–Crippen LogP) is 3.88. The van der Waals surface area contributed by atoms with E-state index in [4.69, 9.17) is 4.43 Å². The van der Waals surface area contributed by atoms with Crippen LogP contribution in [0.4, 0.5) is 0 Å². The van der Waals surface area contributed by atoms with Crippen molar-refractivity contribution in [2.45, 2.75) is 63.1 Å². The molecule has 1 aromatic carbocycles. The summed E-state index contributed by atoms with van der Waals surface area (Å²) in [5, 5.41) is 0. The first-order valence-electron chi connectivity index (χ1n) is 7.74. The van der Waals surface area contributed by atoms with Gasteiger partial charge in [-0.2, -0.15) is 8.42 Å². The molecule has 0 heterocycles. The number of hydrogen-bond donors (Lipinski definition) is 1. The first-order chi connectivity index (χ1) is 10.4. The van der Waals surface area contributed by atoms with E-state index < -0.39 is 29.3 Å². The van der Waals surface area contributed by atoms with Crippen LogP contribution in [0.1, 0.15) is 51.9 Å². The van der Waals surface area contributed by atoms with Crippen molar-refractivity contribution in [1.82, 2.24) is 0 Å². The van der Waals surface area contributed by atoms with Crippen molar-refractivity contribution in [1.29, 1.82) is 0 Å². The minimum Gasteiger partial charge on any atom is -0.515 e. The zero-order chi connectivity index (χ0) is 18.0. The van der Waals surface area contributed by atoms with E-state index in [0.717, 1.165) is 0 Å². The van der Waals surface area contributed by atoms with Crippen LogP contribution in [0.25, 0.3) is 0 Å². The van der Waals surface area contributed by atoms with Gasteiger partial charge in [0.2, 0.25) is 0 Å². The molecule has 0 unspecified atom stereocenters. The summed E-state index contributed by atoms with van der Waals surface area (Å²) in [5.41, 5.74) is 0.437. The molecule has 0 aromatic heterocycles. The first-order valence-corrected chi connectivity index (χ1v) is 11.3. The molecule has 1 rings (SSSR count). The van der Waals surface area contributed by atoms with Crippen molar-refractivity contribution in [3.05, 3.63) is 29.8 Å². The zero-order valence-corrected chi connectivity index (χ0v) is 17.3. The number of benzene rings is 1. The molecule has 0 spiro atoms. The van der Waals surface area contributed by atoms with E-state index in [1.807, 2.05) is 41.5 Å². The number of carbonyl (C=O) groups is 1. The summed E-state index contributed by atoms with van der Waals surface area (Å²) >= 11 is 0. The molecule has 0 bridgehead atoms. The topological polar surface area (TPSA) is 80.7 Å². The second-order valence-electron chi connectivity index (χ2n) is 6.68. The monoisotopic (exact) mass is 365 g/mol. The third kappa shape index (κ3) is 4.73. The van der Waals surface area contributed by atoms with Gasteiger partial charge in [0, 0.05) is 18.9 Å². The van der Waals surface area contributed by atoms with E-state index in [0.29, 0.717) is 0 Å². The summed E-state index contributed by atoms with van der Waals surface area (Å²) < 4.78 is 38.3. The Labute approximate surface area is 158 Å². The molecule has 5 nitrogen and oxygen atoms in total. The van der Waals surface area contributed by atoms with Crippen molar-refractivity contribution in [3.8, 4) is 0 Å². The molecule has 1 aromatic rings. The Hall–Kier alpha value is -0.586. The summed E-state index contributed by atoms with van der Waals surface area (Å²) in [6.07, 6.45) is 0. The van der Waals surface area contributed by atoms with E-state index in [2.05, 4.69) is 0 Å². The van der Waals surface area contributed by atoms with Crippen molar-refractivity contribution >= 4 is 43.3 Å². The van der Waals surface area contributed by atoms with Crippen LogP contribution in [-0.4, -0.2) is 46.1 Å². The molecule has 1 N–H and O–H groups in total. The van der Waals surface area contributed by atoms with Gasteiger partial charge < -0.3 is 4.43 Å². The van der Waals surface area contributed by atoms with E-state index >= 15 is 0 Å². The maximum atomic E-state index is 12.7. The molecule has 8 heteroatoms. The molecule has 0 atom stereocenters. The molecular weight excluding hydrogens is 339 g/mol. The molecule has 0 aliphatic carbocycles. The van der Waals surface area contributed by atoms with Crippen molar-refractivity contribution < 1.29 is 22.2 Å². The smallest absolute Gasteiger partial charge is 0.326 e. The third-order valence-corrected chi connectivity index (χ3v) is 11.2. The average Bonchev–Trinajstić information content (AvgIpc) is 2.42. The second-order valence-corrected chi connectivity index (χ2v) is 13.4. The molecular formula is C16H26LiO5SSi. The molecule has 131 valence electrons. The Morgan fingerprint density at radius 1 is 1.00 bits per heavy atom. The Morgan fingerprint density at radius 2 is 1.42 bits per heavy atom. The van der Waals surface area contributed by atoms with Crippen LogP contribution in [0, 0.1) is 0 Å². The molecule has 0 saturated heterocycles. The van der Waals surface area contributed by atoms with Crippen LogP contribution in [0.15, 0.2) is 29.2 Å². The zero-order valence-electron chi connectivity index (χ0n) is 15.5.